The minimum Gasteiger partial charge on any atom is -0.386 e. The van der Waals surface area contributed by atoms with Crippen molar-refractivity contribution in [1.82, 2.24) is 5.32 Å². The van der Waals surface area contributed by atoms with Crippen LogP contribution in [0.4, 0.5) is 0 Å². The van der Waals surface area contributed by atoms with E-state index < -0.39 is 0 Å². The fourth-order valence-electron chi connectivity index (χ4n) is 0.873. The summed E-state index contributed by atoms with van der Waals surface area (Å²) < 4.78 is 0. The van der Waals surface area contributed by atoms with Gasteiger partial charge in [-0.25, -0.2) is 0 Å². The molecular formula is C8H10N2S. The predicted octanol–water partition coefficient (Wildman–Crippen LogP) is 1.63. The van der Waals surface area contributed by atoms with E-state index in [4.69, 9.17) is 5.26 Å². The first kappa shape index (κ1) is 8.22. The lowest BCUT2D eigenvalue weighted by molar-refractivity contribution is 0.959. The molecule has 0 amide bonds. The maximum Gasteiger partial charge on any atom is 0.102 e. The second-order valence-corrected chi connectivity index (χ2v) is 3.39. The van der Waals surface area contributed by atoms with Crippen LogP contribution in [0.3, 0.4) is 0 Å². The van der Waals surface area contributed by atoms with Gasteiger partial charge < -0.3 is 5.32 Å². The summed E-state index contributed by atoms with van der Waals surface area (Å²) in [6.45, 7) is 2.93. The first-order valence-corrected chi connectivity index (χ1v) is 4.54. The van der Waals surface area contributed by atoms with Gasteiger partial charge in [0.05, 0.1) is 5.57 Å². The summed E-state index contributed by atoms with van der Waals surface area (Å²) in [4.78, 5) is 1.11. The Balaban J connectivity index is 2.69. The van der Waals surface area contributed by atoms with Crippen LogP contribution in [0.1, 0.15) is 6.92 Å². The minimum atomic E-state index is 0.753. The topological polar surface area (TPSA) is 35.8 Å². The van der Waals surface area contributed by atoms with Gasteiger partial charge in [-0.05, 0) is 5.75 Å². The Kier molecular flexibility index (Phi) is 3.06. The van der Waals surface area contributed by atoms with Crippen molar-refractivity contribution in [3.63, 3.8) is 0 Å². The molecule has 0 aromatic carbocycles. The van der Waals surface area contributed by atoms with Gasteiger partial charge in [-0.3, -0.25) is 0 Å². The van der Waals surface area contributed by atoms with E-state index in [1.54, 1.807) is 18.0 Å². The zero-order chi connectivity index (χ0) is 8.10. The first-order chi connectivity index (χ1) is 5.38. The Morgan fingerprint density at radius 3 is 3.27 bits per heavy atom. The molecule has 1 aliphatic rings. The molecule has 0 aromatic heterocycles. The van der Waals surface area contributed by atoms with Crippen LogP contribution >= 0.6 is 11.8 Å². The number of hydrogen-bond donors (Lipinski definition) is 1. The molecule has 0 saturated carbocycles. The van der Waals surface area contributed by atoms with Crippen molar-refractivity contribution in [3.05, 3.63) is 22.8 Å². The molecule has 11 heavy (non-hydrogen) atoms. The second-order valence-electron chi connectivity index (χ2n) is 2.08. The summed E-state index contributed by atoms with van der Waals surface area (Å²) in [5.74, 6) is 1.02. The van der Waals surface area contributed by atoms with E-state index in [9.17, 15) is 0 Å². The molecule has 2 nitrogen and oxygen atoms in total. The number of allylic oxidation sites excluding steroid dienone is 1. The number of thioether (sulfide) groups is 1. The van der Waals surface area contributed by atoms with Gasteiger partial charge >= 0.3 is 0 Å². The summed E-state index contributed by atoms with van der Waals surface area (Å²) in [5.41, 5.74) is 0.753. The van der Waals surface area contributed by atoms with E-state index in [2.05, 4.69) is 18.3 Å². The van der Waals surface area contributed by atoms with E-state index in [1.165, 1.54) is 0 Å². The van der Waals surface area contributed by atoms with Crippen molar-refractivity contribution in [1.29, 1.82) is 5.26 Å². The maximum absolute atomic E-state index is 8.68. The summed E-state index contributed by atoms with van der Waals surface area (Å²) in [6, 6.07) is 2.15. The highest BCUT2D eigenvalue weighted by atomic mass is 32.2. The molecule has 0 unspecified atom stereocenters. The zero-order valence-corrected chi connectivity index (χ0v) is 7.24. The molecule has 0 saturated heterocycles. The fraction of sp³-hybridized carbons (Fsp3) is 0.375. The van der Waals surface area contributed by atoms with Gasteiger partial charge in [0.1, 0.15) is 6.07 Å². The van der Waals surface area contributed by atoms with Gasteiger partial charge in [-0.2, -0.15) is 5.26 Å². The third-order valence-corrected chi connectivity index (χ3v) is 2.32. The highest BCUT2D eigenvalue weighted by Gasteiger charge is 2.06. The van der Waals surface area contributed by atoms with Crippen LogP contribution in [0.15, 0.2) is 22.8 Å². The molecule has 0 aliphatic carbocycles. The van der Waals surface area contributed by atoms with Crippen molar-refractivity contribution in [2.75, 3.05) is 12.3 Å². The Labute approximate surface area is 71.0 Å². The molecule has 1 N–H and O–H groups in total. The summed E-state index contributed by atoms with van der Waals surface area (Å²) in [6.07, 6.45) is 3.82. The zero-order valence-electron chi connectivity index (χ0n) is 6.42. The molecular weight excluding hydrogens is 156 g/mol. The maximum atomic E-state index is 8.68. The minimum absolute atomic E-state index is 0.753. The third kappa shape index (κ3) is 2.02. The number of dihydropyridines is 1. The molecule has 0 spiro atoms. The number of nitrogens with zero attached hydrogens (tertiary/aromatic N) is 1. The molecule has 3 heteroatoms. The number of nitriles is 1. The van der Waals surface area contributed by atoms with Crippen molar-refractivity contribution in [3.8, 4) is 6.07 Å². The predicted molar refractivity (Wildman–Crippen MR) is 47.9 cm³/mol. The van der Waals surface area contributed by atoms with Crippen LogP contribution in [0.2, 0.25) is 0 Å². The highest BCUT2D eigenvalue weighted by Crippen LogP contribution is 2.23. The van der Waals surface area contributed by atoms with Gasteiger partial charge in [0.2, 0.25) is 0 Å². The van der Waals surface area contributed by atoms with Crippen LogP contribution in [0, 0.1) is 11.3 Å². The van der Waals surface area contributed by atoms with Crippen LogP contribution in [-0.4, -0.2) is 12.3 Å². The lowest BCUT2D eigenvalue weighted by Gasteiger charge is -2.09. The molecule has 1 rings (SSSR count). The first-order valence-electron chi connectivity index (χ1n) is 3.55. The number of hydrogen-bond acceptors (Lipinski definition) is 3. The fourth-order valence-corrected chi connectivity index (χ4v) is 1.65. The monoisotopic (exact) mass is 166 g/mol. The normalized spacial score (nSPS) is 16.0. The quantitative estimate of drug-likeness (QED) is 0.677. The number of rotatable bonds is 2. The Morgan fingerprint density at radius 2 is 2.64 bits per heavy atom. The SMILES string of the molecule is CCSC1=CCNC=C1C#N. The number of nitrogens with one attached hydrogen (secondary N) is 1. The third-order valence-electron chi connectivity index (χ3n) is 1.34. The highest BCUT2D eigenvalue weighted by molar-refractivity contribution is 8.03. The van der Waals surface area contributed by atoms with Crippen molar-refractivity contribution >= 4 is 11.8 Å². The molecule has 58 valence electrons. The molecule has 0 fully saturated rings. The van der Waals surface area contributed by atoms with Crippen molar-refractivity contribution in [2.24, 2.45) is 0 Å². The van der Waals surface area contributed by atoms with E-state index in [-0.39, 0.29) is 0 Å². The molecule has 0 aromatic rings. The van der Waals surface area contributed by atoms with E-state index in [1.807, 2.05) is 6.08 Å². The largest absolute Gasteiger partial charge is 0.386 e. The van der Waals surface area contributed by atoms with Crippen LogP contribution in [0.5, 0.6) is 0 Å². The molecule has 0 atom stereocenters. The van der Waals surface area contributed by atoms with Gasteiger partial charge in [-0.15, -0.1) is 11.8 Å². The van der Waals surface area contributed by atoms with Gasteiger partial charge in [0.15, 0.2) is 0 Å². The van der Waals surface area contributed by atoms with Crippen LogP contribution in [-0.2, 0) is 0 Å². The summed E-state index contributed by atoms with van der Waals surface area (Å²) in [5, 5.41) is 11.7. The molecule has 1 heterocycles. The molecule has 1 aliphatic heterocycles. The van der Waals surface area contributed by atoms with E-state index in [0.29, 0.717) is 0 Å². The molecule has 0 radical (unpaired) electrons. The van der Waals surface area contributed by atoms with E-state index in [0.717, 1.165) is 22.8 Å². The standard InChI is InChI=1S/C8H10N2S/c1-2-11-8-3-4-10-6-7(8)5-9/h3,6,10H,2,4H2,1H3. The van der Waals surface area contributed by atoms with Gasteiger partial charge in [0.25, 0.3) is 0 Å². The Morgan fingerprint density at radius 1 is 1.82 bits per heavy atom. The Bertz CT molecular complexity index is 235. The van der Waals surface area contributed by atoms with Gasteiger partial charge in [0, 0.05) is 17.6 Å². The average molecular weight is 166 g/mol. The lowest BCUT2D eigenvalue weighted by atomic mass is 10.2. The lowest BCUT2D eigenvalue weighted by Crippen LogP contribution is -2.11. The second kappa shape index (κ2) is 4.09. The Hall–Kier alpha value is -0.880. The molecule has 0 bridgehead atoms. The summed E-state index contributed by atoms with van der Waals surface area (Å²) in [7, 11) is 0. The van der Waals surface area contributed by atoms with E-state index >= 15 is 0 Å². The van der Waals surface area contributed by atoms with Crippen LogP contribution < -0.4 is 5.32 Å². The smallest absolute Gasteiger partial charge is 0.102 e. The summed E-state index contributed by atoms with van der Waals surface area (Å²) >= 11 is 1.72. The van der Waals surface area contributed by atoms with Crippen molar-refractivity contribution in [2.45, 2.75) is 6.92 Å². The average Bonchev–Trinajstić information content (AvgIpc) is 2.06. The van der Waals surface area contributed by atoms with Crippen LogP contribution in [0.25, 0.3) is 0 Å². The van der Waals surface area contributed by atoms with Crippen molar-refractivity contribution < 1.29 is 0 Å². The van der Waals surface area contributed by atoms with Gasteiger partial charge in [-0.1, -0.05) is 13.0 Å².